The van der Waals surface area contributed by atoms with Crippen LogP contribution in [0.4, 0.5) is 0 Å². The monoisotopic (exact) mass is 298 g/mol. The van der Waals surface area contributed by atoms with Crippen LogP contribution in [0.1, 0.15) is 48.7 Å². The third-order valence-electron chi connectivity index (χ3n) is 3.44. The zero-order valence-electron chi connectivity index (χ0n) is 13.1. The predicted octanol–water partition coefficient (Wildman–Crippen LogP) is 3.75. The summed E-state index contributed by atoms with van der Waals surface area (Å²) in [6, 6.07) is 11.0. The molecule has 1 unspecified atom stereocenters. The number of hydrogen-bond donors (Lipinski definition) is 1. The highest BCUT2D eigenvalue weighted by molar-refractivity contribution is 5.94. The molecule has 0 aliphatic carbocycles. The van der Waals surface area contributed by atoms with Crippen molar-refractivity contribution in [3.05, 3.63) is 59.9 Å². The first-order chi connectivity index (χ1) is 10.7. The minimum absolute atomic E-state index is 0.0593. The molecule has 1 amide bonds. The Kier molecular flexibility index (Phi) is 5.95. The fourth-order valence-electron chi connectivity index (χ4n) is 2.05. The summed E-state index contributed by atoms with van der Waals surface area (Å²) in [7, 11) is 0. The van der Waals surface area contributed by atoms with Crippen molar-refractivity contribution in [1.29, 1.82) is 0 Å². The molecule has 1 aromatic heterocycles. The lowest BCUT2D eigenvalue weighted by molar-refractivity contribution is 0.0940. The lowest BCUT2D eigenvalue weighted by atomic mass is 10.1. The van der Waals surface area contributed by atoms with Gasteiger partial charge in [-0.15, -0.1) is 0 Å². The summed E-state index contributed by atoms with van der Waals surface area (Å²) in [6.07, 6.45) is 5.58. The summed E-state index contributed by atoms with van der Waals surface area (Å²) in [5, 5.41) is 2.98. The maximum absolute atomic E-state index is 12.2. The second-order valence-corrected chi connectivity index (χ2v) is 5.20. The van der Waals surface area contributed by atoms with Crippen molar-refractivity contribution in [2.75, 3.05) is 6.61 Å². The summed E-state index contributed by atoms with van der Waals surface area (Å²) in [5.74, 6) is 0.705. The van der Waals surface area contributed by atoms with Crippen molar-refractivity contribution in [2.45, 2.75) is 32.7 Å². The van der Waals surface area contributed by atoms with Gasteiger partial charge in [-0.2, -0.15) is 0 Å². The van der Waals surface area contributed by atoms with Gasteiger partial charge < -0.3 is 10.1 Å². The third-order valence-corrected chi connectivity index (χ3v) is 3.44. The molecule has 1 aromatic carbocycles. The molecule has 4 nitrogen and oxygen atoms in total. The Hall–Kier alpha value is -2.36. The Bertz CT molecular complexity index is 582. The van der Waals surface area contributed by atoms with Crippen LogP contribution in [0.3, 0.4) is 0 Å². The minimum atomic E-state index is -0.0931. The SMILES string of the molecule is CCCCOc1ccc(C(=O)NC(C)c2ccncc2)cc1. The molecule has 1 atom stereocenters. The van der Waals surface area contributed by atoms with Crippen LogP contribution in [0.25, 0.3) is 0 Å². The van der Waals surface area contributed by atoms with Crippen LogP contribution in [-0.2, 0) is 0 Å². The van der Waals surface area contributed by atoms with Crippen LogP contribution >= 0.6 is 0 Å². The number of amides is 1. The van der Waals surface area contributed by atoms with Crippen molar-refractivity contribution in [1.82, 2.24) is 10.3 Å². The van der Waals surface area contributed by atoms with Gasteiger partial charge in [0.2, 0.25) is 0 Å². The van der Waals surface area contributed by atoms with Crippen molar-refractivity contribution < 1.29 is 9.53 Å². The Morgan fingerprint density at radius 1 is 1.18 bits per heavy atom. The molecule has 2 aromatic rings. The number of rotatable bonds is 7. The predicted molar refractivity (Wildman–Crippen MR) is 87.0 cm³/mol. The van der Waals surface area contributed by atoms with E-state index in [4.69, 9.17) is 4.74 Å². The van der Waals surface area contributed by atoms with E-state index in [0.29, 0.717) is 12.2 Å². The number of carbonyl (C=O) groups excluding carboxylic acids is 1. The molecule has 22 heavy (non-hydrogen) atoms. The first-order valence-electron chi connectivity index (χ1n) is 7.64. The number of carbonyl (C=O) groups is 1. The highest BCUT2D eigenvalue weighted by Gasteiger charge is 2.11. The van der Waals surface area contributed by atoms with Gasteiger partial charge in [-0.3, -0.25) is 9.78 Å². The molecule has 0 bridgehead atoms. The van der Waals surface area contributed by atoms with Gasteiger partial charge in [0, 0.05) is 18.0 Å². The fraction of sp³-hybridized carbons (Fsp3) is 0.333. The molecule has 0 saturated carbocycles. The first kappa shape index (κ1) is 16.0. The van der Waals surface area contributed by atoms with E-state index in [0.717, 1.165) is 24.2 Å². The van der Waals surface area contributed by atoms with Gasteiger partial charge in [0.05, 0.1) is 12.6 Å². The zero-order valence-corrected chi connectivity index (χ0v) is 13.1. The number of benzene rings is 1. The van der Waals surface area contributed by atoms with Gasteiger partial charge in [-0.1, -0.05) is 13.3 Å². The van der Waals surface area contributed by atoms with Gasteiger partial charge in [0.1, 0.15) is 5.75 Å². The molecule has 4 heteroatoms. The summed E-state index contributed by atoms with van der Waals surface area (Å²) < 4.78 is 5.59. The lowest BCUT2D eigenvalue weighted by Crippen LogP contribution is -2.26. The molecule has 2 rings (SSSR count). The number of nitrogens with zero attached hydrogens (tertiary/aromatic N) is 1. The van der Waals surface area contributed by atoms with Crippen molar-refractivity contribution in [3.8, 4) is 5.75 Å². The molecule has 116 valence electrons. The van der Waals surface area contributed by atoms with Crippen LogP contribution in [0, 0.1) is 0 Å². The van der Waals surface area contributed by atoms with Crippen LogP contribution in [-0.4, -0.2) is 17.5 Å². The summed E-state index contributed by atoms with van der Waals surface area (Å²) in [5.41, 5.74) is 1.66. The van der Waals surface area contributed by atoms with Gasteiger partial charge in [0.25, 0.3) is 5.91 Å². The molecule has 0 saturated heterocycles. The van der Waals surface area contributed by atoms with Crippen molar-refractivity contribution in [2.24, 2.45) is 0 Å². The molecular formula is C18H22N2O2. The minimum Gasteiger partial charge on any atom is -0.494 e. The Morgan fingerprint density at radius 2 is 1.86 bits per heavy atom. The number of nitrogens with one attached hydrogen (secondary N) is 1. The van der Waals surface area contributed by atoms with Crippen LogP contribution in [0.2, 0.25) is 0 Å². The third kappa shape index (κ3) is 4.58. The first-order valence-corrected chi connectivity index (χ1v) is 7.64. The summed E-state index contributed by atoms with van der Waals surface area (Å²) in [6.45, 7) is 4.79. The smallest absolute Gasteiger partial charge is 0.251 e. The largest absolute Gasteiger partial charge is 0.494 e. The normalized spacial score (nSPS) is 11.7. The highest BCUT2D eigenvalue weighted by Crippen LogP contribution is 2.15. The maximum Gasteiger partial charge on any atom is 0.251 e. The number of aromatic nitrogens is 1. The molecule has 0 spiro atoms. The van der Waals surface area contributed by atoms with Crippen LogP contribution in [0.5, 0.6) is 5.75 Å². The second kappa shape index (κ2) is 8.17. The van der Waals surface area contributed by atoms with Gasteiger partial charge in [-0.25, -0.2) is 0 Å². The fourth-order valence-corrected chi connectivity index (χ4v) is 2.05. The zero-order chi connectivity index (χ0) is 15.8. The van der Waals surface area contributed by atoms with Crippen molar-refractivity contribution >= 4 is 5.91 Å². The van der Waals surface area contributed by atoms with Crippen LogP contribution < -0.4 is 10.1 Å². The number of ether oxygens (including phenoxy) is 1. The standard InChI is InChI=1S/C18H22N2O2/c1-3-4-13-22-17-7-5-16(6-8-17)18(21)20-14(2)15-9-11-19-12-10-15/h5-12,14H,3-4,13H2,1-2H3,(H,20,21). The molecule has 0 aliphatic heterocycles. The Labute approximate surface area is 131 Å². The quantitative estimate of drug-likeness (QED) is 0.792. The number of hydrogen-bond acceptors (Lipinski definition) is 3. The Morgan fingerprint density at radius 3 is 2.50 bits per heavy atom. The van der Waals surface area contributed by atoms with Crippen LogP contribution in [0.15, 0.2) is 48.8 Å². The van der Waals surface area contributed by atoms with E-state index in [1.807, 2.05) is 31.2 Å². The van der Waals surface area contributed by atoms with E-state index in [1.54, 1.807) is 24.5 Å². The van der Waals surface area contributed by atoms with E-state index >= 15 is 0 Å². The average Bonchev–Trinajstić information content (AvgIpc) is 2.56. The van der Waals surface area contributed by atoms with E-state index in [2.05, 4.69) is 17.2 Å². The van der Waals surface area contributed by atoms with Gasteiger partial charge in [0.15, 0.2) is 0 Å². The highest BCUT2D eigenvalue weighted by atomic mass is 16.5. The van der Waals surface area contributed by atoms with Gasteiger partial charge >= 0.3 is 0 Å². The molecule has 1 N–H and O–H groups in total. The van der Waals surface area contributed by atoms with Crippen molar-refractivity contribution in [3.63, 3.8) is 0 Å². The Balaban J connectivity index is 1.92. The summed E-state index contributed by atoms with van der Waals surface area (Å²) in [4.78, 5) is 16.2. The van der Waals surface area contributed by atoms with Gasteiger partial charge in [-0.05, 0) is 55.3 Å². The molecule has 0 fully saturated rings. The number of unbranched alkanes of at least 4 members (excludes halogenated alkanes) is 1. The molecule has 1 heterocycles. The topological polar surface area (TPSA) is 51.2 Å². The summed E-state index contributed by atoms with van der Waals surface area (Å²) >= 11 is 0. The van der Waals surface area contributed by atoms with E-state index < -0.39 is 0 Å². The average molecular weight is 298 g/mol. The molecule has 0 aliphatic rings. The van der Waals surface area contributed by atoms with E-state index in [1.165, 1.54) is 0 Å². The van der Waals surface area contributed by atoms with E-state index in [9.17, 15) is 4.79 Å². The molecular weight excluding hydrogens is 276 g/mol. The van der Waals surface area contributed by atoms with E-state index in [-0.39, 0.29) is 11.9 Å². The second-order valence-electron chi connectivity index (χ2n) is 5.20. The molecule has 0 radical (unpaired) electrons. The maximum atomic E-state index is 12.2. The number of pyridine rings is 1. The lowest BCUT2D eigenvalue weighted by Gasteiger charge is -2.14.